The first kappa shape index (κ1) is 15.2. The minimum absolute atomic E-state index is 0.261. The molecular formula is C11H16N4O3S. The molecule has 0 spiro atoms. The molecule has 0 bridgehead atoms. The van der Waals surface area contributed by atoms with Gasteiger partial charge in [-0.3, -0.25) is 14.9 Å². The number of amides is 3. The number of urea groups is 1. The minimum atomic E-state index is -0.904. The molecule has 1 heterocycles. The SMILES string of the molecule is CCCc1cc(=O)[nH]c(S[C@@H](C)C(=O)NC(N)=O)n1. The topological polar surface area (TPSA) is 118 Å². The molecule has 0 unspecified atom stereocenters. The number of carbonyl (C=O) groups excluding carboxylic acids is 2. The van der Waals surface area contributed by atoms with Crippen molar-refractivity contribution < 1.29 is 9.59 Å². The van der Waals surface area contributed by atoms with E-state index in [1.54, 1.807) is 6.92 Å². The lowest BCUT2D eigenvalue weighted by Gasteiger charge is -2.09. The summed E-state index contributed by atoms with van der Waals surface area (Å²) in [5.41, 5.74) is 5.28. The number of hydrogen-bond acceptors (Lipinski definition) is 5. The summed E-state index contributed by atoms with van der Waals surface area (Å²) in [6.45, 7) is 3.58. The second-order valence-electron chi connectivity index (χ2n) is 3.91. The summed E-state index contributed by atoms with van der Waals surface area (Å²) in [5.74, 6) is -0.527. The highest BCUT2D eigenvalue weighted by atomic mass is 32.2. The summed E-state index contributed by atoms with van der Waals surface area (Å²) >= 11 is 1.06. The highest BCUT2D eigenvalue weighted by Crippen LogP contribution is 2.18. The monoisotopic (exact) mass is 284 g/mol. The molecule has 19 heavy (non-hydrogen) atoms. The van der Waals surface area contributed by atoms with Gasteiger partial charge in [0, 0.05) is 11.8 Å². The molecule has 0 aliphatic carbocycles. The summed E-state index contributed by atoms with van der Waals surface area (Å²) in [6, 6.07) is 0.528. The predicted molar refractivity (Wildman–Crippen MR) is 71.9 cm³/mol. The third kappa shape index (κ3) is 5.12. The van der Waals surface area contributed by atoms with E-state index in [1.807, 2.05) is 12.2 Å². The van der Waals surface area contributed by atoms with Crippen molar-refractivity contribution in [3.63, 3.8) is 0 Å². The molecular weight excluding hydrogens is 268 g/mol. The first-order valence-electron chi connectivity index (χ1n) is 5.79. The van der Waals surface area contributed by atoms with E-state index in [4.69, 9.17) is 5.73 Å². The number of hydrogen-bond donors (Lipinski definition) is 3. The quantitative estimate of drug-likeness (QED) is 0.534. The molecule has 104 valence electrons. The summed E-state index contributed by atoms with van der Waals surface area (Å²) in [6.07, 6.45) is 1.57. The van der Waals surface area contributed by atoms with Crippen LogP contribution >= 0.6 is 11.8 Å². The molecule has 3 amide bonds. The number of imide groups is 1. The minimum Gasteiger partial charge on any atom is -0.351 e. The normalized spacial score (nSPS) is 11.9. The number of aromatic amines is 1. The molecule has 0 saturated heterocycles. The van der Waals surface area contributed by atoms with E-state index >= 15 is 0 Å². The smallest absolute Gasteiger partial charge is 0.318 e. The van der Waals surface area contributed by atoms with E-state index < -0.39 is 17.2 Å². The largest absolute Gasteiger partial charge is 0.351 e. The van der Waals surface area contributed by atoms with Crippen molar-refractivity contribution in [2.75, 3.05) is 0 Å². The number of H-pyrrole nitrogens is 1. The first-order chi connectivity index (χ1) is 8.92. The lowest BCUT2D eigenvalue weighted by molar-refractivity contribution is -0.119. The lowest BCUT2D eigenvalue weighted by Crippen LogP contribution is -2.39. The van der Waals surface area contributed by atoms with Gasteiger partial charge in [-0.05, 0) is 13.3 Å². The zero-order valence-electron chi connectivity index (χ0n) is 10.7. The van der Waals surface area contributed by atoms with Gasteiger partial charge >= 0.3 is 6.03 Å². The van der Waals surface area contributed by atoms with Gasteiger partial charge in [0.25, 0.3) is 5.56 Å². The van der Waals surface area contributed by atoms with Crippen molar-refractivity contribution >= 4 is 23.7 Å². The Kier molecular flexibility index (Phi) is 5.56. The van der Waals surface area contributed by atoms with Gasteiger partial charge in [0.2, 0.25) is 5.91 Å². The van der Waals surface area contributed by atoms with E-state index in [-0.39, 0.29) is 5.56 Å². The van der Waals surface area contributed by atoms with Crippen LogP contribution in [0.4, 0.5) is 4.79 Å². The number of rotatable bonds is 5. The van der Waals surface area contributed by atoms with Gasteiger partial charge in [-0.2, -0.15) is 0 Å². The maximum Gasteiger partial charge on any atom is 0.318 e. The predicted octanol–water partition coefficient (Wildman–Crippen LogP) is 0.398. The molecule has 1 aromatic heterocycles. The molecule has 0 saturated carbocycles. The fourth-order valence-corrected chi connectivity index (χ4v) is 2.20. The molecule has 8 heteroatoms. The Balaban J connectivity index is 2.78. The third-order valence-electron chi connectivity index (χ3n) is 2.18. The Morgan fingerprint density at radius 2 is 2.26 bits per heavy atom. The van der Waals surface area contributed by atoms with Crippen molar-refractivity contribution in [1.29, 1.82) is 0 Å². The Morgan fingerprint density at radius 3 is 2.84 bits per heavy atom. The van der Waals surface area contributed by atoms with Gasteiger partial charge in [0.1, 0.15) is 0 Å². The van der Waals surface area contributed by atoms with Crippen LogP contribution in [0, 0.1) is 0 Å². The molecule has 1 aromatic rings. The number of aromatic nitrogens is 2. The second kappa shape index (κ2) is 6.93. The standard InChI is InChI=1S/C11H16N4O3S/c1-3-4-7-5-8(16)14-11(13-7)19-6(2)9(17)15-10(12)18/h5-6H,3-4H2,1-2H3,(H,13,14,16)(H3,12,15,17,18)/t6-/m0/s1. The van der Waals surface area contributed by atoms with E-state index in [1.165, 1.54) is 6.07 Å². The van der Waals surface area contributed by atoms with Crippen LogP contribution in [0.15, 0.2) is 16.0 Å². The number of carbonyl (C=O) groups is 2. The van der Waals surface area contributed by atoms with E-state index in [9.17, 15) is 14.4 Å². The Morgan fingerprint density at radius 1 is 1.58 bits per heavy atom. The van der Waals surface area contributed by atoms with Crippen LogP contribution in [0.1, 0.15) is 26.0 Å². The van der Waals surface area contributed by atoms with E-state index in [0.29, 0.717) is 17.3 Å². The Hall–Kier alpha value is -1.83. The molecule has 0 aliphatic rings. The summed E-state index contributed by atoms with van der Waals surface area (Å²) in [4.78, 5) is 40.3. The van der Waals surface area contributed by atoms with Crippen LogP contribution in [0.3, 0.4) is 0 Å². The van der Waals surface area contributed by atoms with Crippen molar-refractivity contribution in [3.8, 4) is 0 Å². The Bertz CT molecular complexity index is 529. The third-order valence-corrected chi connectivity index (χ3v) is 3.17. The number of thioether (sulfide) groups is 1. The zero-order valence-corrected chi connectivity index (χ0v) is 11.5. The van der Waals surface area contributed by atoms with Crippen LogP contribution in [-0.2, 0) is 11.2 Å². The summed E-state index contributed by atoms with van der Waals surface area (Å²) in [5, 5.41) is 1.74. The fraction of sp³-hybridized carbons (Fsp3) is 0.455. The maximum absolute atomic E-state index is 11.5. The molecule has 1 atom stereocenters. The number of nitrogens with two attached hydrogens (primary N) is 1. The fourth-order valence-electron chi connectivity index (χ4n) is 1.37. The van der Waals surface area contributed by atoms with Crippen molar-refractivity contribution in [3.05, 3.63) is 22.1 Å². The van der Waals surface area contributed by atoms with Crippen molar-refractivity contribution in [1.82, 2.24) is 15.3 Å². The summed E-state index contributed by atoms with van der Waals surface area (Å²) in [7, 11) is 0. The molecule has 1 rings (SSSR count). The van der Waals surface area contributed by atoms with Gasteiger partial charge in [-0.15, -0.1) is 0 Å². The van der Waals surface area contributed by atoms with Gasteiger partial charge in [-0.1, -0.05) is 25.1 Å². The average Bonchev–Trinajstić information content (AvgIpc) is 2.27. The number of aryl methyl sites for hydroxylation is 1. The highest BCUT2D eigenvalue weighted by molar-refractivity contribution is 8.00. The molecule has 4 N–H and O–H groups in total. The van der Waals surface area contributed by atoms with Gasteiger partial charge in [0.05, 0.1) is 5.25 Å². The molecule has 0 aliphatic heterocycles. The van der Waals surface area contributed by atoms with E-state index in [0.717, 1.165) is 18.2 Å². The average molecular weight is 284 g/mol. The summed E-state index contributed by atoms with van der Waals surface area (Å²) < 4.78 is 0. The van der Waals surface area contributed by atoms with Crippen LogP contribution in [0.5, 0.6) is 0 Å². The van der Waals surface area contributed by atoms with Crippen LogP contribution in [-0.4, -0.2) is 27.2 Å². The number of nitrogens with one attached hydrogen (secondary N) is 2. The molecule has 0 aromatic carbocycles. The molecule has 0 radical (unpaired) electrons. The zero-order chi connectivity index (χ0) is 14.4. The number of primary amides is 1. The van der Waals surface area contributed by atoms with Gasteiger partial charge in [-0.25, -0.2) is 9.78 Å². The van der Waals surface area contributed by atoms with Crippen LogP contribution in [0.2, 0.25) is 0 Å². The van der Waals surface area contributed by atoms with Gasteiger partial charge in [0.15, 0.2) is 5.16 Å². The van der Waals surface area contributed by atoms with Crippen molar-refractivity contribution in [2.24, 2.45) is 5.73 Å². The van der Waals surface area contributed by atoms with Crippen LogP contribution < -0.4 is 16.6 Å². The van der Waals surface area contributed by atoms with Gasteiger partial charge < -0.3 is 10.7 Å². The van der Waals surface area contributed by atoms with Crippen LogP contribution in [0.25, 0.3) is 0 Å². The van der Waals surface area contributed by atoms with E-state index in [2.05, 4.69) is 9.97 Å². The second-order valence-corrected chi connectivity index (χ2v) is 5.23. The molecule has 7 nitrogen and oxygen atoms in total. The molecule has 0 fully saturated rings. The maximum atomic E-state index is 11.5. The first-order valence-corrected chi connectivity index (χ1v) is 6.67. The van der Waals surface area contributed by atoms with Crippen molar-refractivity contribution in [2.45, 2.75) is 37.1 Å². The lowest BCUT2D eigenvalue weighted by atomic mass is 10.2. The highest BCUT2D eigenvalue weighted by Gasteiger charge is 2.17. The number of nitrogens with zero attached hydrogens (tertiary/aromatic N) is 1. The Labute approximate surface area is 114 Å².